The number of aliphatic hydroxyl groups excluding tert-OH is 1. The average Bonchev–Trinajstić information content (AvgIpc) is 2.35. The molecule has 0 bridgehead atoms. The molecule has 2 nitrogen and oxygen atoms in total. The Kier molecular flexibility index (Phi) is 4.19. The van der Waals surface area contributed by atoms with Crippen molar-refractivity contribution >= 4 is 5.69 Å². The van der Waals surface area contributed by atoms with Crippen molar-refractivity contribution in [2.45, 2.75) is 46.1 Å². The van der Waals surface area contributed by atoms with E-state index < -0.39 is 0 Å². The maximum Gasteiger partial charge on any atom is 0.0636 e. The van der Waals surface area contributed by atoms with Crippen LogP contribution in [0.1, 0.15) is 38.7 Å². The summed E-state index contributed by atoms with van der Waals surface area (Å²) in [4.78, 5) is 2.30. The highest BCUT2D eigenvalue weighted by Gasteiger charge is 2.37. The van der Waals surface area contributed by atoms with Crippen molar-refractivity contribution in [2.75, 3.05) is 18.5 Å². The van der Waals surface area contributed by atoms with E-state index in [4.69, 9.17) is 0 Å². The average molecular weight is 261 g/mol. The molecule has 1 aromatic rings. The molecule has 1 aliphatic rings. The molecule has 0 heterocycles. The van der Waals surface area contributed by atoms with E-state index in [9.17, 15) is 5.11 Å². The second-order valence-electron chi connectivity index (χ2n) is 6.75. The van der Waals surface area contributed by atoms with Gasteiger partial charge in [-0.1, -0.05) is 38.5 Å². The number of nitrogens with zero attached hydrogens (tertiary/aromatic N) is 1. The van der Waals surface area contributed by atoms with Crippen LogP contribution in [0, 0.1) is 18.3 Å². The van der Waals surface area contributed by atoms with Gasteiger partial charge in [0.25, 0.3) is 0 Å². The minimum atomic E-state index is -0.187. The second kappa shape index (κ2) is 5.54. The molecule has 1 saturated carbocycles. The van der Waals surface area contributed by atoms with Crippen LogP contribution in [-0.2, 0) is 0 Å². The van der Waals surface area contributed by atoms with Gasteiger partial charge in [-0.2, -0.15) is 0 Å². The fraction of sp³-hybridized carbons (Fsp3) is 0.647. The normalized spacial score (nSPS) is 26.2. The molecule has 2 atom stereocenters. The third-order valence-corrected chi connectivity index (χ3v) is 4.68. The Morgan fingerprint density at radius 2 is 2.00 bits per heavy atom. The summed E-state index contributed by atoms with van der Waals surface area (Å²) in [5.41, 5.74) is 2.64. The SMILES string of the molecule is Cc1ccccc1N(C)CC1CCCC(C)(C)C1O. The number of rotatable bonds is 3. The Hall–Kier alpha value is -1.02. The van der Waals surface area contributed by atoms with E-state index in [1.807, 2.05) is 0 Å². The zero-order valence-corrected chi connectivity index (χ0v) is 12.7. The van der Waals surface area contributed by atoms with Crippen molar-refractivity contribution in [3.05, 3.63) is 29.8 Å². The molecule has 2 unspecified atom stereocenters. The maximum absolute atomic E-state index is 10.5. The first-order valence-corrected chi connectivity index (χ1v) is 7.36. The van der Waals surface area contributed by atoms with Gasteiger partial charge in [0.05, 0.1) is 6.10 Å². The highest BCUT2D eigenvalue weighted by molar-refractivity contribution is 5.52. The molecule has 0 radical (unpaired) electrons. The fourth-order valence-corrected chi connectivity index (χ4v) is 3.40. The Morgan fingerprint density at radius 3 is 2.68 bits per heavy atom. The van der Waals surface area contributed by atoms with Gasteiger partial charge in [-0.15, -0.1) is 0 Å². The van der Waals surface area contributed by atoms with Crippen molar-refractivity contribution in [3.8, 4) is 0 Å². The van der Waals surface area contributed by atoms with Gasteiger partial charge in [-0.3, -0.25) is 0 Å². The van der Waals surface area contributed by atoms with E-state index in [0.717, 1.165) is 19.4 Å². The van der Waals surface area contributed by atoms with Crippen LogP contribution in [-0.4, -0.2) is 24.8 Å². The molecule has 19 heavy (non-hydrogen) atoms. The molecule has 1 aliphatic carbocycles. The molecule has 106 valence electrons. The summed E-state index contributed by atoms with van der Waals surface area (Å²) in [6, 6.07) is 8.47. The van der Waals surface area contributed by atoms with Gasteiger partial charge >= 0.3 is 0 Å². The first-order chi connectivity index (χ1) is 8.92. The predicted molar refractivity (Wildman–Crippen MR) is 81.6 cm³/mol. The zero-order valence-electron chi connectivity index (χ0n) is 12.7. The van der Waals surface area contributed by atoms with E-state index >= 15 is 0 Å². The third kappa shape index (κ3) is 3.11. The summed E-state index contributed by atoms with van der Waals surface area (Å²) >= 11 is 0. The Balaban J connectivity index is 2.07. The molecule has 1 fully saturated rings. The topological polar surface area (TPSA) is 23.5 Å². The van der Waals surface area contributed by atoms with E-state index in [1.165, 1.54) is 17.7 Å². The molecule has 0 aromatic heterocycles. The molecule has 1 aromatic carbocycles. The monoisotopic (exact) mass is 261 g/mol. The van der Waals surface area contributed by atoms with Gasteiger partial charge in [0.2, 0.25) is 0 Å². The van der Waals surface area contributed by atoms with Crippen LogP contribution in [0.5, 0.6) is 0 Å². The largest absolute Gasteiger partial charge is 0.392 e. The van der Waals surface area contributed by atoms with Gasteiger partial charge in [-0.05, 0) is 36.8 Å². The lowest BCUT2D eigenvalue weighted by Gasteiger charge is -2.42. The maximum atomic E-state index is 10.5. The minimum Gasteiger partial charge on any atom is -0.392 e. The molecular formula is C17H27NO. The molecule has 0 aliphatic heterocycles. The van der Waals surface area contributed by atoms with Crippen LogP contribution in [0.2, 0.25) is 0 Å². The van der Waals surface area contributed by atoms with Crippen LogP contribution in [0.15, 0.2) is 24.3 Å². The van der Waals surface area contributed by atoms with Gasteiger partial charge in [0, 0.05) is 25.2 Å². The van der Waals surface area contributed by atoms with Crippen LogP contribution in [0.25, 0.3) is 0 Å². The lowest BCUT2D eigenvalue weighted by Crippen LogP contribution is -2.44. The standard InChI is InChI=1S/C17H27NO/c1-13-8-5-6-10-15(13)18(4)12-14-9-7-11-17(2,3)16(14)19/h5-6,8,10,14,16,19H,7,9,11-12H2,1-4H3. The van der Waals surface area contributed by atoms with Gasteiger partial charge in [0.15, 0.2) is 0 Å². The Labute approximate surface area is 117 Å². The Morgan fingerprint density at radius 1 is 1.32 bits per heavy atom. The smallest absolute Gasteiger partial charge is 0.0636 e. The number of para-hydroxylation sites is 1. The van der Waals surface area contributed by atoms with Crippen molar-refractivity contribution < 1.29 is 5.11 Å². The number of hydrogen-bond donors (Lipinski definition) is 1. The van der Waals surface area contributed by atoms with Crippen LogP contribution < -0.4 is 4.90 Å². The first-order valence-electron chi connectivity index (χ1n) is 7.36. The summed E-state index contributed by atoms with van der Waals surface area (Å²) in [5.74, 6) is 0.383. The van der Waals surface area contributed by atoms with Crippen LogP contribution in [0.4, 0.5) is 5.69 Å². The molecular weight excluding hydrogens is 234 g/mol. The van der Waals surface area contributed by atoms with E-state index in [1.54, 1.807) is 0 Å². The van der Waals surface area contributed by atoms with Gasteiger partial charge < -0.3 is 10.0 Å². The predicted octanol–water partition coefficient (Wildman–Crippen LogP) is 3.62. The number of aryl methyl sites for hydroxylation is 1. The van der Waals surface area contributed by atoms with Crippen molar-refractivity contribution in [3.63, 3.8) is 0 Å². The zero-order chi connectivity index (χ0) is 14.0. The number of aliphatic hydroxyl groups is 1. The molecule has 2 rings (SSSR count). The highest BCUT2D eigenvalue weighted by atomic mass is 16.3. The number of hydrogen-bond acceptors (Lipinski definition) is 2. The summed E-state index contributed by atoms with van der Waals surface area (Å²) in [6.45, 7) is 7.47. The summed E-state index contributed by atoms with van der Waals surface area (Å²) in [6.07, 6.45) is 3.32. The van der Waals surface area contributed by atoms with Crippen LogP contribution in [0.3, 0.4) is 0 Å². The number of anilines is 1. The van der Waals surface area contributed by atoms with Crippen molar-refractivity contribution in [2.24, 2.45) is 11.3 Å². The lowest BCUT2D eigenvalue weighted by molar-refractivity contribution is -0.0290. The second-order valence-corrected chi connectivity index (χ2v) is 6.75. The first kappa shape index (κ1) is 14.4. The lowest BCUT2D eigenvalue weighted by atomic mass is 9.69. The summed E-state index contributed by atoms with van der Waals surface area (Å²) in [5, 5.41) is 10.5. The third-order valence-electron chi connectivity index (χ3n) is 4.68. The van der Waals surface area contributed by atoms with E-state index in [-0.39, 0.29) is 11.5 Å². The van der Waals surface area contributed by atoms with Gasteiger partial charge in [-0.25, -0.2) is 0 Å². The van der Waals surface area contributed by atoms with E-state index in [2.05, 4.69) is 57.0 Å². The quantitative estimate of drug-likeness (QED) is 0.898. The van der Waals surface area contributed by atoms with Crippen molar-refractivity contribution in [1.29, 1.82) is 0 Å². The van der Waals surface area contributed by atoms with Gasteiger partial charge in [0.1, 0.15) is 0 Å². The molecule has 0 spiro atoms. The van der Waals surface area contributed by atoms with E-state index in [0.29, 0.717) is 5.92 Å². The molecule has 0 amide bonds. The summed E-state index contributed by atoms with van der Waals surface area (Å²) in [7, 11) is 2.14. The molecule has 2 heteroatoms. The Bertz CT molecular complexity index is 427. The molecule has 0 saturated heterocycles. The highest BCUT2D eigenvalue weighted by Crippen LogP contribution is 2.39. The fourth-order valence-electron chi connectivity index (χ4n) is 3.40. The minimum absolute atomic E-state index is 0.0650. The molecule has 1 N–H and O–H groups in total. The van der Waals surface area contributed by atoms with Crippen LogP contribution >= 0.6 is 0 Å². The van der Waals surface area contributed by atoms with Crippen molar-refractivity contribution in [1.82, 2.24) is 0 Å². The summed E-state index contributed by atoms with van der Waals surface area (Å²) < 4.78 is 0. The number of benzene rings is 1.